The third-order valence-corrected chi connectivity index (χ3v) is 11.0. The van der Waals surface area contributed by atoms with Gasteiger partial charge in [0.15, 0.2) is 23.2 Å². The fourth-order valence-corrected chi connectivity index (χ4v) is 7.63. The molecule has 5 atom stereocenters. The van der Waals surface area contributed by atoms with Crippen molar-refractivity contribution >= 4 is 63.6 Å². The summed E-state index contributed by atoms with van der Waals surface area (Å²) in [5, 5.41) is 11.8. The summed E-state index contributed by atoms with van der Waals surface area (Å²) in [6.45, 7) is 6.71. The van der Waals surface area contributed by atoms with Gasteiger partial charge in [0.1, 0.15) is 36.8 Å². The van der Waals surface area contributed by atoms with E-state index in [4.69, 9.17) is 14.2 Å². The second-order valence-electron chi connectivity index (χ2n) is 15.7. The largest absolute Gasteiger partial charge is 0.480 e. The number of amides is 4. The van der Waals surface area contributed by atoms with E-state index in [1.54, 1.807) is 38.1 Å². The van der Waals surface area contributed by atoms with Crippen LogP contribution < -0.4 is 30.9 Å². The maximum absolute atomic E-state index is 14.5. The topological polar surface area (TPSA) is 211 Å². The molecule has 2 aliphatic rings. The summed E-state index contributed by atoms with van der Waals surface area (Å²) in [7, 11) is 2.19. The normalized spacial score (nSPS) is 16.7. The molecule has 0 fully saturated rings. The predicted octanol–water partition coefficient (Wildman–Crippen LogP) is 3.23. The first-order valence-corrected chi connectivity index (χ1v) is 20.5. The van der Waals surface area contributed by atoms with Crippen LogP contribution in [-0.4, -0.2) is 97.4 Å². The third kappa shape index (κ3) is 10.5. The number of para-hydroxylation sites is 3. The number of ether oxygens (including phenoxy) is 3. The van der Waals surface area contributed by atoms with Gasteiger partial charge in [-0.25, -0.2) is 13.8 Å². The Hall–Kier alpha value is -7.24. The number of anilines is 1. The second-order valence-corrected chi connectivity index (χ2v) is 15.7. The molecule has 4 amide bonds. The van der Waals surface area contributed by atoms with Crippen LogP contribution >= 0.6 is 0 Å². The number of carbonyl (C=O) groups is 7. The van der Waals surface area contributed by atoms with Crippen LogP contribution in [0.2, 0.25) is 0 Å². The van der Waals surface area contributed by atoms with E-state index in [1.807, 2.05) is 30.3 Å². The molecule has 0 aliphatic carbocycles. The Balaban J connectivity index is 1.19. The molecule has 0 saturated carbocycles. The fraction of sp³-hybridized carbons (Fsp3) is 0.348. The number of fused-ring (bicyclic) bond motifs is 1. The fourth-order valence-electron chi connectivity index (χ4n) is 7.63. The smallest absolute Gasteiger partial charge is 0.308 e. The van der Waals surface area contributed by atoms with Crippen molar-refractivity contribution in [2.75, 3.05) is 25.7 Å². The zero-order chi connectivity index (χ0) is 46.2. The van der Waals surface area contributed by atoms with Gasteiger partial charge in [0, 0.05) is 11.8 Å². The van der Waals surface area contributed by atoms with E-state index >= 15 is 0 Å². The molecule has 0 bridgehead atoms. The van der Waals surface area contributed by atoms with Crippen LogP contribution in [0.1, 0.15) is 49.9 Å². The lowest BCUT2D eigenvalue weighted by molar-refractivity contribution is -0.144. The van der Waals surface area contributed by atoms with E-state index in [0.29, 0.717) is 28.2 Å². The van der Waals surface area contributed by atoms with E-state index in [0.717, 1.165) is 43.3 Å². The van der Waals surface area contributed by atoms with Gasteiger partial charge in [0.2, 0.25) is 23.6 Å². The van der Waals surface area contributed by atoms with Crippen molar-refractivity contribution in [2.24, 2.45) is 5.92 Å². The van der Waals surface area contributed by atoms with Crippen molar-refractivity contribution in [3.63, 3.8) is 0 Å². The molecule has 2 aliphatic heterocycles. The molecule has 3 heterocycles. The number of esters is 2. The summed E-state index contributed by atoms with van der Waals surface area (Å²) in [5.41, 5.74) is 3.29. The van der Waals surface area contributed by atoms with Crippen molar-refractivity contribution in [3.05, 3.63) is 108 Å². The number of ketones is 1. The summed E-state index contributed by atoms with van der Waals surface area (Å²) in [5.74, 6) is -9.04. The van der Waals surface area contributed by atoms with E-state index in [-0.39, 0.29) is 25.2 Å². The van der Waals surface area contributed by atoms with Gasteiger partial charge in [-0.3, -0.25) is 38.5 Å². The highest BCUT2D eigenvalue weighted by Crippen LogP contribution is 2.39. The van der Waals surface area contributed by atoms with Crippen molar-refractivity contribution in [1.82, 2.24) is 26.3 Å². The lowest BCUT2D eigenvalue weighted by Gasteiger charge is -2.30. The lowest BCUT2D eigenvalue weighted by atomic mass is 10.00. The Bertz CT molecular complexity index is 2480. The third-order valence-electron chi connectivity index (χ3n) is 11.0. The highest BCUT2D eigenvalue weighted by molar-refractivity contribution is 6.09. The van der Waals surface area contributed by atoms with Gasteiger partial charge in [0.25, 0.3) is 0 Å². The molecule has 1 aromatic heterocycles. The highest BCUT2D eigenvalue weighted by Gasteiger charge is 2.45. The average molecular weight is 883 g/mol. The number of rotatable bonds is 18. The van der Waals surface area contributed by atoms with Crippen LogP contribution in [0.25, 0.3) is 16.6 Å². The van der Waals surface area contributed by atoms with Gasteiger partial charge in [-0.1, -0.05) is 69.0 Å². The van der Waals surface area contributed by atoms with Crippen LogP contribution in [-0.2, 0) is 55.9 Å². The number of nitrogens with zero attached hydrogens (tertiary/aromatic N) is 2. The molecule has 4 unspecified atom stereocenters. The van der Waals surface area contributed by atoms with E-state index in [1.165, 1.54) is 4.90 Å². The van der Waals surface area contributed by atoms with Gasteiger partial charge >= 0.3 is 11.9 Å². The zero-order valence-electron chi connectivity index (χ0n) is 35.6. The summed E-state index contributed by atoms with van der Waals surface area (Å²) >= 11 is 0. The van der Waals surface area contributed by atoms with Crippen molar-refractivity contribution in [2.45, 2.75) is 76.2 Å². The number of aryl methyl sites for hydroxylation is 1. The van der Waals surface area contributed by atoms with Crippen molar-refractivity contribution < 1.29 is 56.6 Å². The van der Waals surface area contributed by atoms with Crippen molar-refractivity contribution in [1.29, 1.82) is 0 Å². The summed E-state index contributed by atoms with van der Waals surface area (Å²) in [4.78, 5) is 101. The van der Waals surface area contributed by atoms with Gasteiger partial charge in [-0.05, 0) is 54.2 Å². The van der Waals surface area contributed by atoms with E-state index < -0.39 is 108 Å². The van der Waals surface area contributed by atoms with Gasteiger partial charge in [-0.2, -0.15) is 0 Å². The number of carbonyl (C=O) groups excluding carboxylic acids is 7. The predicted molar refractivity (Wildman–Crippen MR) is 228 cm³/mol. The van der Waals surface area contributed by atoms with Crippen LogP contribution in [0.4, 0.5) is 14.5 Å². The van der Waals surface area contributed by atoms with Crippen molar-refractivity contribution in [3.8, 4) is 5.75 Å². The van der Waals surface area contributed by atoms with Gasteiger partial charge < -0.3 is 35.5 Å². The standard InChI is InChI=1S/C46H48F2N6O10/c1-24(2)40(49-25(3)31-18-16-26-10-6-7-15-32(26)50-31)45(60)53-35(22-39(57)63-5)43(58)51-33-19-17-27-11-8-12-28-20-36(54(41(27)28)46(33)61)44(59)52-34(21-38(56)62-4)37(55)23-64-42-29(47)13-9-14-30(42)48/h6-16,18,24,33-36,40,49H,3,17,19-23H2,1-2,4-5H3,(H,51,58)(H,52,59)(H,53,60)/t33?,34?,35-,36?,40?/m0/s1. The van der Waals surface area contributed by atoms with Crippen LogP contribution in [0.15, 0.2) is 79.4 Å². The lowest BCUT2D eigenvalue weighted by Crippen LogP contribution is -2.59. The van der Waals surface area contributed by atoms with Crippen LogP contribution in [0.5, 0.6) is 5.75 Å². The van der Waals surface area contributed by atoms with Gasteiger partial charge in [0.05, 0.1) is 49.7 Å². The molecule has 6 rings (SSSR count). The number of hydrogen-bond donors (Lipinski definition) is 4. The van der Waals surface area contributed by atoms with E-state index in [9.17, 15) is 42.3 Å². The Morgan fingerprint density at radius 1 is 0.812 bits per heavy atom. The number of aromatic nitrogens is 1. The molecule has 64 heavy (non-hydrogen) atoms. The zero-order valence-corrected chi connectivity index (χ0v) is 35.6. The maximum atomic E-state index is 14.5. The minimum absolute atomic E-state index is 0.0118. The molecule has 0 spiro atoms. The summed E-state index contributed by atoms with van der Waals surface area (Å²) in [6.07, 6.45) is -0.933. The van der Waals surface area contributed by atoms with E-state index in [2.05, 4.69) is 32.8 Å². The number of methoxy groups -OCH3 is 2. The number of nitrogens with one attached hydrogen (secondary N) is 4. The van der Waals surface area contributed by atoms with Crippen LogP contribution in [0.3, 0.4) is 0 Å². The van der Waals surface area contributed by atoms with Gasteiger partial charge in [-0.15, -0.1) is 0 Å². The number of halogens is 2. The molecule has 336 valence electrons. The first-order valence-electron chi connectivity index (χ1n) is 20.5. The minimum atomic E-state index is -1.59. The molecule has 16 nitrogen and oxygen atoms in total. The van der Waals surface area contributed by atoms with Crippen LogP contribution in [0, 0.1) is 17.6 Å². The number of benzene rings is 3. The summed E-state index contributed by atoms with van der Waals surface area (Å²) < 4.78 is 43.2. The number of pyridine rings is 1. The molecule has 0 saturated heterocycles. The molecule has 4 N–H and O–H groups in total. The number of Topliss-reactive ketones (excluding diaryl/α,β-unsaturated/α-hetero) is 1. The molecular formula is C46H48F2N6O10. The Labute approximate surface area is 367 Å². The Morgan fingerprint density at radius 3 is 2.16 bits per heavy atom. The quantitative estimate of drug-likeness (QED) is 0.106. The second kappa shape index (κ2) is 20.3. The molecule has 18 heteroatoms. The molecule has 3 aromatic carbocycles. The highest BCUT2D eigenvalue weighted by atomic mass is 19.1. The number of hydrogen-bond acceptors (Lipinski definition) is 12. The summed E-state index contributed by atoms with van der Waals surface area (Å²) in [6, 6.07) is 12.7. The SMILES string of the molecule is C=C(NC(C(=O)N[C@@H](CC(=O)OC)C(=O)NC1CCc2cccc3c2N(C1=O)C(C(=O)NC(CC(=O)OC)C(=O)COc1c(F)cccc1F)C3)C(C)C)c1ccc2ccccc2n1. The molecule has 4 aromatic rings. The average Bonchev–Trinajstić information content (AvgIpc) is 3.62. The maximum Gasteiger partial charge on any atom is 0.308 e. The minimum Gasteiger partial charge on any atom is -0.480 e. The monoisotopic (exact) mass is 882 g/mol. The first kappa shape index (κ1) is 46.3. The molecular weight excluding hydrogens is 835 g/mol. The Kier molecular flexibility index (Phi) is 14.7. The Morgan fingerprint density at radius 2 is 1.47 bits per heavy atom. The first-order chi connectivity index (χ1) is 30.6. The molecule has 0 radical (unpaired) electrons.